The summed E-state index contributed by atoms with van der Waals surface area (Å²) in [6.07, 6.45) is 5.42. The average molecular weight is 385 g/mol. The fraction of sp³-hybridized carbons (Fsp3) is 0.0455. The monoisotopic (exact) mass is 385 g/mol. The number of hydrogen-bond donors (Lipinski definition) is 1. The molecule has 5 aromatic rings. The third-order valence-corrected chi connectivity index (χ3v) is 4.79. The zero-order chi connectivity index (χ0) is 19.8. The van der Waals surface area contributed by atoms with Gasteiger partial charge < -0.3 is 4.74 Å². The first-order chi connectivity index (χ1) is 14.2. The summed E-state index contributed by atoms with van der Waals surface area (Å²) in [6.45, 7) is 0. The van der Waals surface area contributed by atoms with Crippen molar-refractivity contribution in [3.05, 3.63) is 79.0 Å². The van der Waals surface area contributed by atoms with Crippen LogP contribution in [0, 0.1) is 5.82 Å². The standard InChI is InChI=1S/C22H16FN5O/c1-29-21-8-4-7-18(26-21)19-12-24-20-10-9-14(13-28(19)20)16-11-25-27-22(16)15-5-2-3-6-17(15)23/h2-13H,1H3,(H,25,27). The molecule has 0 radical (unpaired) electrons. The van der Waals surface area contributed by atoms with Crippen LogP contribution >= 0.6 is 0 Å². The number of pyridine rings is 2. The Hall–Kier alpha value is -4.00. The van der Waals surface area contributed by atoms with Crippen molar-refractivity contribution in [3.8, 4) is 39.7 Å². The van der Waals surface area contributed by atoms with E-state index in [-0.39, 0.29) is 5.82 Å². The summed E-state index contributed by atoms with van der Waals surface area (Å²) in [7, 11) is 1.59. The number of aromatic amines is 1. The normalized spacial score (nSPS) is 11.1. The molecule has 1 N–H and O–H groups in total. The number of ether oxygens (including phenoxy) is 1. The van der Waals surface area contributed by atoms with Gasteiger partial charge in [0.15, 0.2) is 0 Å². The van der Waals surface area contributed by atoms with Gasteiger partial charge >= 0.3 is 0 Å². The van der Waals surface area contributed by atoms with Gasteiger partial charge in [-0.05, 0) is 30.3 Å². The first-order valence-electron chi connectivity index (χ1n) is 9.02. The van der Waals surface area contributed by atoms with Crippen molar-refractivity contribution < 1.29 is 9.13 Å². The number of aromatic nitrogens is 5. The SMILES string of the molecule is COc1cccc(-c2cnc3ccc(-c4cn[nH]c4-c4ccccc4F)cn23)n1. The van der Waals surface area contributed by atoms with Gasteiger partial charge in [-0.15, -0.1) is 0 Å². The van der Waals surface area contributed by atoms with Gasteiger partial charge in [0, 0.05) is 29.0 Å². The summed E-state index contributed by atoms with van der Waals surface area (Å²) in [5, 5.41) is 7.06. The lowest BCUT2D eigenvalue weighted by Gasteiger charge is -2.08. The van der Waals surface area contributed by atoms with E-state index in [9.17, 15) is 4.39 Å². The van der Waals surface area contributed by atoms with E-state index in [2.05, 4.69) is 20.2 Å². The van der Waals surface area contributed by atoms with Crippen molar-refractivity contribution in [1.82, 2.24) is 24.6 Å². The number of imidazole rings is 1. The largest absolute Gasteiger partial charge is 0.481 e. The summed E-state index contributed by atoms with van der Waals surface area (Å²) < 4.78 is 21.5. The van der Waals surface area contributed by atoms with Gasteiger partial charge in [-0.2, -0.15) is 5.10 Å². The highest BCUT2D eigenvalue weighted by atomic mass is 19.1. The van der Waals surface area contributed by atoms with Crippen LogP contribution in [0.2, 0.25) is 0 Å². The molecular weight excluding hydrogens is 369 g/mol. The molecule has 0 amide bonds. The zero-order valence-electron chi connectivity index (χ0n) is 15.5. The van der Waals surface area contributed by atoms with Crippen molar-refractivity contribution in [2.75, 3.05) is 7.11 Å². The van der Waals surface area contributed by atoms with Crippen LogP contribution < -0.4 is 4.74 Å². The quantitative estimate of drug-likeness (QED) is 0.491. The summed E-state index contributed by atoms with van der Waals surface area (Å²) in [5.41, 5.74) is 5.14. The number of nitrogens with one attached hydrogen (secondary N) is 1. The van der Waals surface area contributed by atoms with Crippen LogP contribution in [-0.4, -0.2) is 31.7 Å². The predicted molar refractivity (Wildman–Crippen MR) is 108 cm³/mol. The Bertz CT molecular complexity index is 1320. The lowest BCUT2D eigenvalue weighted by atomic mass is 10.0. The molecule has 0 bridgehead atoms. The molecule has 0 aliphatic rings. The number of H-pyrrole nitrogens is 1. The number of methoxy groups -OCH3 is 1. The first-order valence-corrected chi connectivity index (χ1v) is 9.02. The van der Waals surface area contributed by atoms with E-state index in [0.29, 0.717) is 17.1 Å². The van der Waals surface area contributed by atoms with Gasteiger partial charge in [0.1, 0.15) is 11.5 Å². The Morgan fingerprint density at radius 1 is 0.966 bits per heavy atom. The molecule has 4 aromatic heterocycles. The van der Waals surface area contributed by atoms with E-state index in [1.54, 1.807) is 43.8 Å². The molecule has 1 aromatic carbocycles. The van der Waals surface area contributed by atoms with Crippen LogP contribution in [0.5, 0.6) is 5.88 Å². The highest BCUT2D eigenvalue weighted by Gasteiger charge is 2.15. The summed E-state index contributed by atoms with van der Waals surface area (Å²) in [6, 6.07) is 16.1. The highest BCUT2D eigenvalue weighted by molar-refractivity contribution is 5.81. The predicted octanol–water partition coefficient (Wildman–Crippen LogP) is 4.60. The van der Waals surface area contributed by atoms with E-state index in [0.717, 1.165) is 28.2 Å². The molecule has 29 heavy (non-hydrogen) atoms. The molecule has 4 heterocycles. The summed E-state index contributed by atoms with van der Waals surface area (Å²) in [4.78, 5) is 8.97. The minimum atomic E-state index is -0.303. The average Bonchev–Trinajstić information content (AvgIpc) is 3.41. The second-order valence-corrected chi connectivity index (χ2v) is 6.49. The van der Waals surface area contributed by atoms with Gasteiger partial charge in [-0.1, -0.05) is 18.2 Å². The Morgan fingerprint density at radius 3 is 2.72 bits per heavy atom. The molecule has 142 valence electrons. The maximum absolute atomic E-state index is 14.3. The van der Waals surface area contributed by atoms with E-state index >= 15 is 0 Å². The van der Waals surface area contributed by atoms with E-state index < -0.39 is 0 Å². The van der Waals surface area contributed by atoms with Crippen LogP contribution in [0.4, 0.5) is 4.39 Å². The van der Waals surface area contributed by atoms with Gasteiger partial charge in [0.25, 0.3) is 0 Å². The Balaban J connectivity index is 1.65. The zero-order valence-corrected chi connectivity index (χ0v) is 15.5. The van der Waals surface area contributed by atoms with Crippen LogP contribution in [0.3, 0.4) is 0 Å². The molecule has 5 rings (SSSR count). The second-order valence-electron chi connectivity index (χ2n) is 6.49. The molecule has 0 atom stereocenters. The Morgan fingerprint density at radius 2 is 1.86 bits per heavy atom. The highest BCUT2D eigenvalue weighted by Crippen LogP contribution is 2.32. The van der Waals surface area contributed by atoms with Crippen LogP contribution in [0.15, 0.2) is 73.2 Å². The second kappa shape index (κ2) is 6.87. The topological polar surface area (TPSA) is 68.1 Å². The van der Waals surface area contributed by atoms with Crippen LogP contribution in [0.25, 0.3) is 39.4 Å². The minimum Gasteiger partial charge on any atom is -0.481 e. The van der Waals surface area contributed by atoms with E-state index in [1.165, 1.54) is 6.07 Å². The molecular formula is C22H16FN5O. The third kappa shape index (κ3) is 2.93. The number of benzene rings is 1. The molecule has 0 saturated carbocycles. The maximum Gasteiger partial charge on any atom is 0.213 e. The van der Waals surface area contributed by atoms with E-state index in [1.807, 2.05) is 34.9 Å². The number of rotatable bonds is 4. The summed E-state index contributed by atoms with van der Waals surface area (Å²) in [5.74, 6) is 0.230. The fourth-order valence-electron chi connectivity index (χ4n) is 3.37. The maximum atomic E-state index is 14.3. The lowest BCUT2D eigenvalue weighted by molar-refractivity contribution is 0.398. The van der Waals surface area contributed by atoms with Crippen molar-refractivity contribution in [2.45, 2.75) is 0 Å². The van der Waals surface area contributed by atoms with Crippen LogP contribution in [-0.2, 0) is 0 Å². The number of halogens is 1. The summed E-state index contributed by atoms with van der Waals surface area (Å²) >= 11 is 0. The molecule has 0 aliphatic heterocycles. The first kappa shape index (κ1) is 17.1. The van der Waals surface area contributed by atoms with Gasteiger partial charge in [-0.3, -0.25) is 9.50 Å². The van der Waals surface area contributed by atoms with Crippen molar-refractivity contribution in [3.63, 3.8) is 0 Å². The fourth-order valence-corrected chi connectivity index (χ4v) is 3.37. The number of fused-ring (bicyclic) bond motifs is 1. The molecule has 0 spiro atoms. The number of nitrogens with zero attached hydrogens (tertiary/aromatic N) is 4. The molecule has 0 saturated heterocycles. The van der Waals surface area contributed by atoms with Crippen LogP contribution in [0.1, 0.15) is 0 Å². The van der Waals surface area contributed by atoms with Crippen molar-refractivity contribution in [2.24, 2.45) is 0 Å². The smallest absolute Gasteiger partial charge is 0.213 e. The lowest BCUT2D eigenvalue weighted by Crippen LogP contribution is -1.94. The van der Waals surface area contributed by atoms with Gasteiger partial charge in [-0.25, -0.2) is 14.4 Å². The molecule has 6 nitrogen and oxygen atoms in total. The van der Waals surface area contributed by atoms with Crippen molar-refractivity contribution >= 4 is 5.65 Å². The van der Waals surface area contributed by atoms with Gasteiger partial charge in [0.2, 0.25) is 5.88 Å². The Labute approximate surface area is 165 Å². The molecule has 0 unspecified atom stereocenters. The Kier molecular flexibility index (Phi) is 4.05. The molecule has 0 fully saturated rings. The molecule has 7 heteroatoms. The molecule has 0 aliphatic carbocycles. The van der Waals surface area contributed by atoms with Gasteiger partial charge in [0.05, 0.1) is 36.6 Å². The number of hydrogen-bond acceptors (Lipinski definition) is 4. The third-order valence-electron chi connectivity index (χ3n) is 4.79. The van der Waals surface area contributed by atoms with E-state index in [4.69, 9.17) is 4.74 Å². The minimum absolute atomic E-state index is 0.303. The van der Waals surface area contributed by atoms with Crippen molar-refractivity contribution in [1.29, 1.82) is 0 Å².